The van der Waals surface area contributed by atoms with Crippen molar-refractivity contribution in [3.63, 3.8) is 0 Å². The summed E-state index contributed by atoms with van der Waals surface area (Å²) in [6.07, 6.45) is 4.67. The summed E-state index contributed by atoms with van der Waals surface area (Å²) in [6, 6.07) is 0.0477. The summed E-state index contributed by atoms with van der Waals surface area (Å²) in [5.41, 5.74) is 0.815. The molecule has 1 unspecified atom stereocenters. The first-order valence-corrected chi connectivity index (χ1v) is 7.46. The number of aromatic nitrogens is 2. The SMILES string of the molecule is CCCn1ncc(OC)c1C(NC)C(CC)(CC)OC. The van der Waals surface area contributed by atoms with Gasteiger partial charge < -0.3 is 14.8 Å². The fourth-order valence-corrected chi connectivity index (χ4v) is 2.93. The fraction of sp³-hybridized carbons (Fsp3) is 0.800. The van der Waals surface area contributed by atoms with E-state index in [-0.39, 0.29) is 11.6 Å². The number of likely N-dealkylation sites (N-methyl/N-ethyl adjacent to an activating group) is 1. The van der Waals surface area contributed by atoms with Crippen LogP contribution in [0.5, 0.6) is 5.75 Å². The highest BCUT2D eigenvalue weighted by Gasteiger charge is 2.39. The van der Waals surface area contributed by atoms with Gasteiger partial charge in [-0.15, -0.1) is 0 Å². The molecule has 1 aromatic heterocycles. The minimum Gasteiger partial charge on any atom is -0.493 e. The van der Waals surface area contributed by atoms with Crippen molar-refractivity contribution in [1.29, 1.82) is 0 Å². The molecule has 0 bridgehead atoms. The van der Waals surface area contributed by atoms with Gasteiger partial charge in [0.25, 0.3) is 0 Å². The second kappa shape index (κ2) is 7.64. The van der Waals surface area contributed by atoms with Gasteiger partial charge in [-0.3, -0.25) is 4.68 Å². The van der Waals surface area contributed by atoms with Crippen LogP contribution < -0.4 is 10.1 Å². The van der Waals surface area contributed by atoms with E-state index >= 15 is 0 Å². The first kappa shape index (κ1) is 17.0. The second-order valence-corrected chi connectivity index (χ2v) is 5.02. The third-order valence-corrected chi connectivity index (χ3v) is 4.19. The molecule has 0 fully saturated rings. The van der Waals surface area contributed by atoms with Crippen LogP contribution in [0.3, 0.4) is 0 Å². The molecule has 0 radical (unpaired) electrons. The van der Waals surface area contributed by atoms with Crippen LogP contribution in [0.1, 0.15) is 51.8 Å². The molecule has 0 aromatic carbocycles. The first-order valence-electron chi connectivity index (χ1n) is 7.46. The van der Waals surface area contributed by atoms with Gasteiger partial charge in [0.15, 0.2) is 5.75 Å². The van der Waals surface area contributed by atoms with E-state index in [1.165, 1.54) is 0 Å². The molecule has 20 heavy (non-hydrogen) atoms. The third kappa shape index (κ3) is 2.99. The lowest BCUT2D eigenvalue weighted by Crippen LogP contribution is -2.44. The molecule has 116 valence electrons. The summed E-state index contributed by atoms with van der Waals surface area (Å²) < 4.78 is 13.4. The van der Waals surface area contributed by atoms with Crippen molar-refractivity contribution in [3.05, 3.63) is 11.9 Å². The third-order valence-electron chi connectivity index (χ3n) is 4.19. The summed E-state index contributed by atoms with van der Waals surface area (Å²) in [5, 5.41) is 7.86. The number of ether oxygens (including phenoxy) is 2. The van der Waals surface area contributed by atoms with E-state index in [1.807, 2.05) is 11.7 Å². The Morgan fingerprint density at radius 2 is 1.95 bits per heavy atom. The molecule has 0 amide bonds. The summed E-state index contributed by atoms with van der Waals surface area (Å²) in [6.45, 7) is 7.34. The van der Waals surface area contributed by atoms with Crippen LogP contribution in [0, 0.1) is 0 Å². The standard InChI is InChI=1S/C15H29N3O2/c1-7-10-18-13(12(19-5)11-17-18)14(16-4)15(8-2,9-3)20-6/h11,14,16H,7-10H2,1-6H3. The van der Waals surface area contributed by atoms with E-state index in [9.17, 15) is 0 Å². The molecule has 0 aliphatic carbocycles. The highest BCUT2D eigenvalue weighted by molar-refractivity contribution is 5.30. The Morgan fingerprint density at radius 1 is 1.30 bits per heavy atom. The van der Waals surface area contributed by atoms with Crippen LogP contribution in [0.2, 0.25) is 0 Å². The molecule has 0 saturated carbocycles. The summed E-state index contributed by atoms with van der Waals surface area (Å²) >= 11 is 0. The van der Waals surface area contributed by atoms with Crippen molar-refractivity contribution in [2.24, 2.45) is 0 Å². The molecule has 0 spiro atoms. The summed E-state index contributed by atoms with van der Waals surface area (Å²) in [4.78, 5) is 0. The average molecular weight is 283 g/mol. The van der Waals surface area contributed by atoms with Crippen LogP contribution in [0.15, 0.2) is 6.20 Å². The maximum absolute atomic E-state index is 5.89. The first-order chi connectivity index (χ1) is 9.63. The highest BCUT2D eigenvalue weighted by Crippen LogP contribution is 2.38. The molecule has 0 saturated heterocycles. The van der Waals surface area contributed by atoms with Crippen molar-refractivity contribution in [2.45, 2.75) is 58.2 Å². The Labute approximate surface area is 122 Å². The predicted molar refractivity (Wildman–Crippen MR) is 81.2 cm³/mol. The van der Waals surface area contributed by atoms with Crippen molar-refractivity contribution < 1.29 is 9.47 Å². The van der Waals surface area contributed by atoms with Crippen molar-refractivity contribution in [1.82, 2.24) is 15.1 Å². The smallest absolute Gasteiger partial charge is 0.161 e. The Hall–Kier alpha value is -1.07. The number of rotatable bonds is 9. The summed E-state index contributed by atoms with van der Waals surface area (Å²) in [7, 11) is 5.44. The minimum atomic E-state index is -0.256. The molecule has 1 rings (SSSR count). The number of hydrogen-bond donors (Lipinski definition) is 1. The number of nitrogens with zero attached hydrogens (tertiary/aromatic N) is 2. The van der Waals surface area contributed by atoms with Gasteiger partial charge >= 0.3 is 0 Å². The van der Waals surface area contributed by atoms with Gasteiger partial charge in [0.05, 0.1) is 24.9 Å². The van der Waals surface area contributed by atoms with Crippen LogP contribution in [0.4, 0.5) is 0 Å². The average Bonchev–Trinajstić information content (AvgIpc) is 2.88. The van der Waals surface area contributed by atoms with E-state index in [0.717, 1.165) is 37.3 Å². The van der Waals surface area contributed by atoms with Gasteiger partial charge in [-0.05, 0) is 26.3 Å². The van der Waals surface area contributed by atoms with Crippen molar-refractivity contribution >= 4 is 0 Å². The Bertz CT molecular complexity index is 392. The molecular formula is C15H29N3O2. The zero-order valence-corrected chi connectivity index (χ0v) is 13.7. The largest absolute Gasteiger partial charge is 0.493 e. The van der Waals surface area contributed by atoms with E-state index in [2.05, 4.69) is 31.2 Å². The highest BCUT2D eigenvalue weighted by atomic mass is 16.5. The number of methoxy groups -OCH3 is 2. The maximum atomic E-state index is 5.89. The Kier molecular flexibility index (Phi) is 6.49. The molecule has 1 atom stereocenters. The molecule has 0 aliphatic rings. The summed E-state index contributed by atoms with van der Waals surface area (Å²) in [5.74, 6) is 0.820. The van der Waals surface area contributed by atoms with Crippen molar-refractivity contribution in [2.75, 3.05) is 21.3 Å². The lowest BCUT2D eigenvalue weighted by atomic mass is 9.85. The molecule has 5 nitrogen and oxygen atoms in total. The van der Waals surface area contributed by atoms with E-state index in [0.29, 0.717) is 0 Å². The predicted octanol–water partition coefficient (Wildman–Crippen LogP) is 2.77. The normalized spacial score (nSPS) is 13.5. The molecule has 1 heterocycles. The van der Waals surface area contributed by atoms with E-state index < -0.39 is 0 Å². The van der Waals surface area contributed by atoms with Crippen LogP contribution in [-0.2, 0) is 11.3 Å². The van der Waals surface area contributed by atoms with Gasteiger partial charge in [-0.2, -0.15) is 5.10 Å². The van der Waals surface area contributed by atoms with Crippen molar-refractivity contribution in [3.8, 4) is 5.75 Å². The van der Waals surface area contributed by atoms with Gasteiger partial charge in [-0.25, -0.2) is 0 Å². The van der Waals surface area contributed by atoms with E-state index in [4.69, 9.17) is 9.47 Å². The Balaban J connectivity index is 3.32. The van der Waals surface area contributed by atoms with Gasteiger partial charge in [0, 0.05) is 13.7 Å². The van der Waals surface area contributed by atoms with Gasteiger partial charge in [0.1, 0.15) is 5.69 Å². The minimum absolute atomic E-state index is 0.0477. The quantitative estimate of drug-likeness (QED) is 0.757. The number of aryl methyl sites for hydroxylation is 1. The van der Waals surface area contributed by atoms with Crippen LogP contribution >= 0.6 is 0 Å². The number of hydrogen-bond acceptors (Lipinski definition) is 4. The topological polar surface area (TPSA) is 48.3 Å². The van der Waals surface area contributed by atoms with Crippen LogP contribution in [0.25, 0.3) is 0 Å². The molecule has 5 heteroatoms. The lowest BCUT2D eigenvalue weighted by molar-refractivity contribution is -0.0493. The van der Waals surface area contributed by atoms with Gasteiger partial charge in [-0.1, -0.05) is 20.8 Å². The monoisotopic (exact) mass is 283 g/mol. The molecule has 1 N–H and O–H groups in total. The zero-order valence-electron chi connectivity index (χ0n) is 13.7. The lowest BCUT2D eigenvalue weighted by Gasteiger charge is -2.38. The maximum Gasteiger partial charge on any atom is 0.161 e. The molecule has 1 aromatic rings. The Morgan fingerprint density at radius 3 is 2.35 bits per heavy atom. The zero-order chi connectivity index (χ0) is 15.2. The molecule has 0 aliphatic heterocycles. The van der Waals surface area contributed by atoms with Gasteiger partial charge in [0.2, 0.25) is 0 Å². The number of nitrogens with one attached hydrogen (secondary N) is 1. The second-order valence-electron chi connectivity index (χ2n) is 5.02. The van der Waals surface area contributed by atoms with E-state index in [1.54, 1.807) is 20.4 Å². The fourth-order valence-electron chi connectivity index (χ4n) is 2.93. The van der Waals surface area contributed by atoms with Crippen LogP contribution in [-0.4, -0.2) is 36.6 Å². The molecular weight excluding hydrogens is 254 g/mol.